The number of fused-ring (bicyclic) bond motifs is 1. The van der Waals surface area contributed by atoms with Gasteiger partial charge in [-0.2, -0.15) is 0 Å². The molecule has 0 unspecified atom stereocenters. The maximum Gasteiger partial charge on any atom is 0.260 e. The molecule has 0 atom stereocenters. The SMILES string of the molecule is CCN(CC)CCN(C(=O)c1cc(Cl)cc(Cl)c1)c1nc2c(C)cccc2s1. The van der Waals surface area contributed by atoms with Crippen molar-refractivity contribution in [1.29, 1.82) is 0 Å². The highest BCUT2D eigenvalue weighted by atomic mass is 35.5. The van der Waals surface area contributed by atoms with Crippen molar-refractivity contribution >= 4 is 55.8 Å². The van der Waals surface area contributed by atoms with E-state index >= 15 is 0 Å². The minimum atomic E-state index is -0.145. The van der Waals surface area contributed by atoms with Crippen molar-refractivity contribution in [1.82, 2.24) is 9.88 Å². The maximum atomic E-state index is 13.4. The number of thiazole rings is 1. The molecule has 0 saturated heterocycles. The highest BCUT2D eigenvalue weighted by molar-refractivity contribution is 7.22. The van der Waals surface area contributed by atoms with Crippen LogP contribution in [0.5, 0.6) is 0 Å². The molecule has 0 fully saturated rings. The van der Waals surface area contributed by atoms with Gasteiger partial charge >= 0.3 is 0 Å². The molecule has 2 aromatic carbocycles. The number of carbonyl (C=O) groups is 1. The van der Waals surface area contributed by atoms with Gasteiger partial charge in [0.05, 0.1) is 10.2 Å². The van der Waals surface area contributed by atoms with Crippen LogP contribution in [-0.2, 0) is 0 Å². The summed E-state index contributed by atoms with van der Waals surface area (Å²) >= 11 is 13.8. The van der Waals surface area contributed by atoms with Crippen LogP contribution in [-0.4, -0.2) is 42.0 Å². The van der Waals surface area contributed by atoms with E-state index in [0.717, 1.165) is 35.4 Å². The average Bonchev–Trinajstić information content (AvgIpc) is 3.09. The molecule has 0 bridgehead atoms. The Hall–Kier alpha value is -1.66. The molecule has 1 aromatic heterocycles. The second-order valence-corrected chi connectivity index (χ2v) is 8.44. The summed E-state index contributed by atoms with van der Waals surface area (Å²) in [6.45, 7) is 9.44. The Bertz CT molecular complexity index is 965. The number of benzene rings is 2. The Labute approximate surface area is 179 Å². The van der Waals surface area contributed by atoms with E-state index in [0.29, 0.717) is 27.3 Å². The number of rotatable bonds is 7. The van der Waals surface area contributed by atoms with E-state index in [4.69, 9.17) is 28.2 Å². The third-order valence-corrected chi connectivity index (χ3v) is 6.21. The second kappa shape index (κ2) is 9.23. The number of para-hydroxylation sites is 1. The van der Waals surface area contributed by atoms with Crippen molar-refractivity contribution in [3.05, 3.63) is 57.6 Å². The van der Waals surface area contributed by atoms with Crippen LogP contribution in [0.25, 0.3) is 10.2 Å². The molecule has 0 N–H and O–H groups in total. The minimum Gasteiger partial charge on any atom is -0.302 e. The van der Waals surface area contributed by atoms with Gasteiger partial charge in [-0.25, -0.2) is 4.98 Å². The number of amides is 1. The van der Waals surface area contributed by atoms with Crippen LogP contribution in [0.2, 0.25) is 10.0 Å². The van der Waals surface area contributed by atoms with Crippen molar-refractivity contribution in [3.8, 4) is 0 Å². The Morgan fingerprint density at radius 2 is 1.75 bits per heavy atom. The molecule has 28 heavy (non-hydrogen) atoms. The topological polar surface area (TPSA) is 36.4 Å². The number of carbonyl (C=O) groups excluding carboxylic acids is 1. The first-order chi connectivity index (χ1) is 13.4. The monoisotopic (exact) mass is 435 g/mol. The molecule has 148 valence electrons. The molecule has 0 aliphatic rings. The first-order valence-electron chi connectivity index (χ1n) is 9.29. The number of hydrogen-bond acceptors (Lipinski definition) is 4. The quantitative estimate of drug-likeness (QED) is 0.463. The molecule has 0 radical (unpaired) electrons. The van der Waals surface area contributed by atoms with Crippen LogP contribution in [0.4, 0.5) is 5.13 Å². The number of aryl methyl sites for hydroxylation is 1. The maximum absolute atomic E-state index is 13.4. The largest absolute Gasteiger partial charge is 0.302 e. The molecule has 3 aromatic rings. The van der Waals surface area contributed by atoms with E-state index in [-0.39, 0.29) is 5.91 Å². The third kappa shape index (κ3) is 4.66. The van der Waals surface area contributed by atoms with Gasteiger partial charge in [0.2, 0.25) is 0 Å². The summed E-state index contributed by atoms with van der Waals surface area (Å²) in [4.78, 5) is 22.2. The van der Waals surface area contributed by atoms with Crippen molar-refractivity contribution < 1.29 is 4.79 Å². The number of anilines is 1. The minimum absolute atomic E-state index is 0.145. The molecular formula is C21H23Cl2N3OS. The summed E-state index contributed by atoms with van der Waals surface area (Å²) in [5, 5.41) is 1.58. The fraction of sp³-hybridized carbons (Fsp3) is 0.333. The molecular weight excluding hydrogens is 413 g/mol. The van der Waals surface area contributed by atoms with Gasteiger partial charge in [0.15, 0.2) is 5.13 Å². The Kier molecular flexibility index (Phi) is 6.94. The number of likely N-dealkylation sites (N-methyl/N-ethyl adjacent to an activating group) is 1. The Balaban J connectivity index is 2.00. The second-order valence-electron chi connectivity index (χ2n) is 6.56. The molecule has 3 rings (SSSR count). The van der Waals surface area contributed by atoms with E-state index in [1.54, 1.807) is 23.1 Å². The predicted molar refractivity (Wildman–Crippen MR) is 120 cm³/mol. The highest BCUT2D eigenvalue weighted by Gasteiger charge is 2.23. The van der Waals surface area contributed by atoms with Gasteiger partial charge in [0, 0.05) is 28.7 Å². The summed E-state index contributed by atoms with van der Waals surface area (Å²) in [6, 6.07) is 11.0. The number of hydrogen-bond donors (Lipinski definition) is 0. The third-order valence-electron chi connectivity index (χ3n) is 4.73. The summed E-state index contributed by atoms with van der Waals surface area (Å²) in [5.41, 5.74) is 2.50. The Morgan fingerprint density at radius 1 is 1.07 bits per heavy atom. The first kappa shape index (κ1) is 21.1. The van der Waals surface area contributed by atoms with Crippen molar-refractivity contribution in [2.24, 2.45) is 0 Å². The number of halogens is 2. The number of nitrogens with zero attached hydrogens (tertiary/aromatic N) is 3. The molecule has 7 heteroatoms. The van der Waals surface area contributed by atoms with E-state index in [1.165, 1.54) is 11.3 Å². The summed E-state index contributed by atoms with van der Waals surface area (Å²) in [7, 11) is 0. The van der Waals surface area contributed by atoms with Gasteiger partial charge in [0.1, 0.15) is 0 Å². The molecule has 0 spiro atoms. The normalized spacial score (nSPS) is 11.4. The lowest BCUT2D eigenvalue weighted by molar-refractivity contribution is 0.0984. The fourth-order valence-corrected chi connectivity index (χ4v) is 4.68. The molecule has 1 heterocycles. The zero-order valence-electron chi connectivity index (χ0n) is 16.2. The zero-order valence-corrected chi connectivity index (χ0v) is 18.5. The van der Waals surface area contributed by atoms with Crippen LogP contribution < -0.4 is 4.90 Å². The van der Waals surface area contributed by atoms with E-state index in [1.807, 2.05) is 25.1 Å². The lowest BCUT2D eigenvalue weighted by Crippen LogP contribution is -2.38. The predicted octanol–water partition coefficient (Wildman–Crippen LogP) is 5.90. The van der Waals surface area contributed by atoms with Crippen molar-refractivity contribution in [2.45, 2.75) is 20.8 Å². The smallest absolute Gasteiger partial charge is 0.260 e. The molecule has 0 aliphatic carbocycles. The van der Waals surface area contributed by atoms with Crippen LogP contribution in [0.15, 0.2) is 36.4 Å². The van der Waals surface area contributed by atoms with Gasteiger partial charge < -0.3 is 4.90 Å². The summed E-state index contributed by atoms with van der Waals surface area (Å²) in [5.74, 6) is -0.145. The highest BCUT2D eigenvalue weighted by Crippen LogP contribution is 2.32. The van der Waals surface area contributed by atoms with Crippen LogP contribution in [0.3, 0.4) is 0 Å². The van der Waals surface area contributed by atoms with Gasteiger partial charge in [-0.3, -0.25) is 9.69 Å². The zero-order chi connectivity index (χ0) is 20.3. The van der Waals surface area contributed by atoms with Crippen molar-refractivity contribution in [2.75, 3.05) is 31.1 Å². The standard InChI is InChI=1S/C21H23Cl2N3OS/c1-4-25(5-2)9-10-26(20(27)15-11-16(22)13-17(23)12-15)21-24-19-14(3)7-6-8-18(19)28-21/h6-8,11-13H,4-5,9-10H2,1-3H3. The van der Waals surface area contributed by atoms with E-state index in [2.05, 4.69) is 18.7 Å². The Morgan fingerprint density at radius 3 is 2.36 bits per heavy atom. The van der Waals surface area contributed by atoms with Gasteiger partial charge in [-0.15, -0.1) is 0 Å². The molecule has 0 aliphatic heterocycles. The molecule has 4 nitrogen and oxygen atoms in total. The molecule has 1 amide bonds. The van der Waals surface area contributed by atoms with Gasteiger partial charge in [-0.05, 0) is 49.8 Å². The summed E-state index contributed by atoms with van der Waals surface area (Å²) in [6.07, 6.45) is 0. The fourth-order valence-electron chi connectivity index (χ4n) is 3.09. The summed E-state index contributed by atoms with van der Waals surface area (Å²) < 4.78 is 1.07. The molecule has 0 saturated carbocycles. The number of aromatic nitrogens is 1. The lowest BCUT2D eigenvalue weighted by atomic mass is 10.2. The van der Waals surface area contributed by atoms with E-state index < -0.39 is 0 Å². The van der Waals surface area contributed by atoms with Crippen LogP contribution in [0.1, 0.15) is 29.8 Å². The lowest BCUT2D eigenvalue weighted by Gasteiger charge is -2.25. The average molecular weight is 436 g/mol. The van der Waals surface area contributed by atoms with Crippen molar-refractivity contribution in [3.63, 3.8) is 0 Å². The van der Waals surface area contributed by atoms with Crippen LogP contribution >= 0.6 is 34.5 Å². The first-order valence-corrected chi connectivity index (χ1v) is 10.9. The van der Waals surface area contributed by atoms with Crippen LogP contribution in [0, 0.1) is 6.92 Å². The van der Waals surface area contributed by atoms with Gasteiger partial charge in [0.25, 0.3) is 5.91 Å². The van der Waals surface area contributed by atoms with E-state index in [9.17, 15) is 4.79 Å². The van der Waals surface area contributed by atoms with Gasteiger partial charge in [-0.1, -0.05) is 60.5 Å².